The number of hydrogen-bond donors (Lipinski definition) is 0. The summed E-state index contributed by atoms with van der Waals surface area (Å²) in [5.74, 6) is -1.59. The molecule has 1 nitrogen and oxygen atoms in total. The predicted octanol–water partition coefficient (Wildman–Crippen LogP) is 3.01. The second kappa shape index (κ2) is 7.39. The van der Waals surface area contributed by atoms with Crippen LogP contribution in [0.4, 0.5) is 8.78 Å². The first kappa shape index (κ1) is 13.0. The fourth-order valence-corrected chi connectivity index (χ4v) is 0.668. The summed E-state index contributed by atoms with van der Waals surface area (Å²) >= 11 is 4.25. The number of halogens is 3. The molecule has 0 bridgehead atoms. The Balaban J connectivity index is 0.000000671. The molecule has 0 aliphatic carbocycles. The van der Waals surface area contributed by atoms with Crippen LogP contribution in [-0.4, -0.2) is 6.61 Å². The van der Waals surface area contributed by atoms with Gasteiger partial charge in [-0.1, -0.05) is 6.07 Å². The maximum absolute atomic E-state index is 12.4. The molecule has 0 aromatic heterocycles. The van der Waals surface area contributed by atoms with Crippen molar-refractivity contribution in [1.29, 1.82) is 0 Å². The number of benzene rings is 1. The Morgan fingerprint density at radius 1 is 1.46 bits per heavy atom. The first-order valence-electron chi connectivity index (χ1n) is 3.50. The van der Waals surface area contributed by atoms with E-state index in [4.69, 9.17) is 4.74 Å². The summed E-state index contributed by atoms with van der Waals surface area (Å²) in [6.07, 6.45) is 0. The molecule has 0 N–H and O–H groups in total. The molecular weight excluding hydrogens is 295 g/mol. The van der Waals surface area contributed by atoms with Crippen molar-refractivity contribution in [3.63, 3.8) is 0 Å². The molecule has 68 valence electrons. The van der Waals surface area contributed by atoms with Gasteiger partial charge < -0.3 is 4.74 Å². The Kier molecular flexibility index (Phi) is 7.38. The van der Waals surface area contributed by atoms with E-state index in [0.29, 0.717) is 6.61 Å². The van der Waals surface area contributed by atoms with E-state index in [2.05, 4.69) is 19.7 Å². The molecule has 0 aliphatic rings. The van der Waals surface area contributed by atoms with Crippen LogP contribution in [0.1, 0.15) is 6.92 Å². The quantitative estimate of drug-likeness (QED) is 0.603. The third-order valence-electron chi connectivity index (χ3n) is 1.13. The molecule has 0 aliphatic heterocycles. The zero-order valence-corrected chi connectivity index (χ0v) is 11.7. The normalized spacial score (nSPS) is 8.77. The van der Waals surface area contributed by atoms with Crippen molar-refractivity contribution in [2.75, 3.05) is 6.61 Å². The Hall–Kier alpha value is -0.0166. The first-order valence-corrected chi connectivity index (χ1v) is 10.4. The van der Waals surface area contributed by atoms with Gasteiger partial charge in [0.1, 0.15) is 0 Å². The van der Waals surface area contributed by atoms with Crippen LogP contribution in [0.5, 0.6) is 5.75 Å². The van der Waals surface area contributed by atoms with Crippen molar-refractivity contribution in [2.24, 2.45) is 0 Å². The summed E-state index contributed by atoms with van der Waals surface area (Å²) < 4.78 is 29.6. The summed E-state index contributed by atoms with van der Waals surface area (Å²) in [6, 6.07) is 4.33. The summed E-state index contributed by atoms with van der Waals surface area (Å²) in [5.41, 5.74) is 0. The van der Waals surface area contributed by atoms with Crippen molar-refractivity contribution in [3.8, 4) is 5.75 Å². The van der Waals surface area contributed by atoms with Gasteiger partial charge in [-0.2, -0.15) is 0 Å². The van der Waals surface area contributed by atoms with Gasteiger partial charge in [0.05, 0.1) is 12.4 Å². The van der Waals surface area contributed by atoms with Gasteiger partial charge in [0.2, 0.25) is 0 Å². The van der Waals surface area contributed by atoms with Crippen LogP contribution in [0.15, 0.2) is 12.1 Å². The molecule has 13 heavy (non-hydrogen) atoms. The molecule has 0 amide bonds. The number of rotatable bonds is 2. The standard InChI is InChI=1S/C8H7F2O.BrH.Zn/c1-2-11-6-3-4-7(9)8(10)5-6;;/h4-5H,2H2,1H3;1H;/q-1;;+2/p-1. The van der Waals surface area contributed by atoms with Crippen LogP contribution >= 0.6 is 13.6 Å². The SMILES string of the molecule is CCOc1[c-]cc(F)c(F)c1.[Zn+][Br]. The zero-order chi connectivity index (χ0) is 10.3. The molecule has 1 aromatic rings. The summed E-state index contributed by atoms with van der Waals surface area (Å²) in [4.78, 5) is 0. The topological polar surface area (TPSA) is 9.23 Å². The molecule has 0 heterocycles. The van der Waals surface area contributed by atoms with Crippen LogP contribution in [0, 0.1) is 17.7 Å². The van der Waals surface area contributed by atoms with E-state index in [0.717, 1.165) is 12.1 Å². The molecule has 1 rings (SSSR count). The monoisotopic (exact) mass is 300 g/mol. The van der Waals surface area contributed by atoms with Crippen LogP contribution in [0.25, 0.3) is 0 Å². The summed E-state index contributed by atoms with van der Waals surface area (Å²) in [5, 5.41) is 0. The van der Waals surface area contributed by atoms with Gasteiger partial charge in [-0.25, -0.2) is 4.39 Å². The van der Waals surface area contributed by atoms with Crippen molar-refractivity contribution in [2.45, 2.75) is 6.92 Å². The zero-order valence-electron chi connectivity index (χ0n) is 7.11. The minimum absolute atomic E-state index is 0.228. The Morgan fingerprint density at radius 2 is 2.08 bits per heavy atom. The molecular formula is C8H7BrF2OZn. The molecule has 0 saturated carbocycles. The second-order valence-corrected chi connectivity index (χ2v) is 1.93. The Labute approximate surface area is 92.5 Å². The Bertz CT molecular complexity index is 258. The molecule has 0 fully saturated rings. The van der Waals surface area contributed by atoms with E-state index in [-0.39, 0.29) is 5.75 Å². The van der Waals surface area contributed by atoms with E-state index in [1.807, 2.05) is 0 Å². The van der Waals surface area contributed by atoms with Crippen molar-refractivity contribution in [3.05, 3.63) is 29.8 Å². The van der Waals surface area contributed by atoms with Gasteiger partial charge in [-0.05, 0) is 6.92 Å². The van der Waals surface area contributed by atoms with E-state index in [9.17, 15) is 8.78 Å². The minimum atomic E-state index is -0.910. The molecule has 0 saturated heterocycles. The number of hydrogen-bond acceptors (Lipinski definition) is 1. The van der Waals surface area contributed by atoms with Crippen LogP contribution in [0.2, 0.25) is 0 Å². The van der Waals surface area contributed by atoms with Gasteiger partial charge in [0, 0.05) is 11.6 Å². The third-order valence-corrected chi connectivity index (χ3v) is 1.13. The molecule has 0 radical (unpaired) electrons. The third kappa shape index (κ3) is 4.68. The van der Waals surface area contributed by atoms with Crippen molar-refractivity contribution >= 4 is 13.6 Å². The van der Waals surface area contributed by atoms with Crippen molar-refractivity contribution < 1.29 is 29.9 Å². The van der Waals surface area contributed by atoms with Crippen LogP contribution < -0.4 is 4.74 Å². The van der Waals surface area contributed by atoms with Gasteiger partial charge in [0.15, 0.2) is 0 Å². The van der Waals surface area contributed by atoms with E-state index < -0.39 is 11.6 Å². The second-order valence-electron chi connectivity index (χ2n) is 1.93. The van der Waals surface area contributed by atoms with Crippen LogP contribution in [0.3, 0.4) is 0 Å². The van der Waals surface area contributed by atoms with Crippen molar-refractivity contribution in [1.82, 2.24) is 0 Å². The van der Waals surface area contributed by atoms with E-state index in [1.165, 1.54) is 16.3 Å². The van der Waals surface area contributed by atoms with Crippen LogP contribution in [-0.2, 0) is 16.3 Å². The molecule has 0 unspecified atom stereocenters. The average Bonchev–Trinajstić information content (AvgIpc) is 2.15. The fourth-order valence-electron chi connectivity index (χ4n) is 0.668. The molecule has 0 spiro atoms. The maximum atomic E-state index is 12.4. The number of ether oxygens (including phenoxy) is 1. The first-order chi connectivity index (χ1) is 6.24. The predicted molar refractivity (Wildman–Crippen MR) is 45.3 cm³/mol. The summed E-state index contributed by atoms with van der Waals surface area (Å²) in [7, 11) is 0. The van der Waals surface area contributed by atoms with Gasteiger partial charge >= 0.3 is 30.0 Å². The summed E-state index contributed by atoms with van der Waals surface area (Å²) in [6.45, 7) is 2.18. The van der Waals surface area contributed by atoms with Gasteiger partial charge in [0.25, 0.3) is 0 Å². The molecule has 5 heteroatoms. The van der Waals surface area contributed by atoms with E-state index in [1.54, 1.807) is 6.92 Å². The van der Waals surface area contributed by atoms with Gasteiger partial charge in [-0.3, -0.25) is 4.39 Å². The van der Waals surface area contributed by atoms with E-state index >= 15 is 0 Å². The molecule has 0 atom stereocenters. The van der Waals surface area contributed by atoms with Gasteiger partial charge in [-0.15, -0.1) is 12.1 Å². The fraction of sp³-hybridized carbons (Fsp3) is 0.250. The Morgan fingerprint density at radius 3 is 2.54 bits per heavy atom. The molecule has 1 aromatic carbocycles. The average molecular weight is 302 g/mol.